The maximum absolute atomic E-state index is 9.84. The minimum absolute atomic E-state index is 0. The van der Waals surface area contributed by atoms with E-state index >= 15 is 0 Å². The first-order chi connectivity index (χ1) is 9.60. The number of hydrogen-bond acceptors (Lipinski definition) is 4. The Hall–Kier alpha value is -0.810. The number of rotatable bonds is 5. The van der Waals surface area contributed by atoms with Crippen molar-refractivity contribution in [2.45, 2.75) is 19.9 Å². The number of piperazine rings is 1. The number of halogens is 1. The molecule has 1 aromatic carbocycles. The van der Waals surface area contributed by atoms with E-state index in [1.165, 1.54) is 0 Å². The summed E-state index contributed by atoms with van der Waals surface area (Å²) in [4.78, 5) is 2.45. The third-order valence-electron chi connectivity index (χ3n) is 4.10. The van der Waals surface area contributed by atoms with Crippen LogP contribution in [0.5, 0.6) is 5.75 Å². The minimum Gasteiger partial charge on any atom is -0.496 e. The third kappa shape index (κ3) is 4.10. The average Bonchev–Trinajstić information content (AvgIpc) is 2.49. The second kappa shape index (κ2) is 7.99. The molecule has 1 fully saturated rings. The molecule has 21 heavy (non-hydrogen) atoms. The lowest BCUT2D eigenvalue weighted by molar-refractivity contribution is 0.0293. The molecule has 1 saturated heterocycles. The fourth-order valence-corrected chi connectivity index (χ4v) is 3.03. The van der Waals surface area contributed by atoms with Crippen LogP contribution in [0.2, 0.25) is 0 Å². The first kappa shape index (κ1) is 18.2. The number of nitrogens with zero attached hydrogens (tertiary/aromatic N) is 1. The van der Waals surface area contributed by atoms with Crippen LogP contribution in [0.25, 0.3) is 0 Å². The number of hydrogen-bond donors (Lipinski definition) is 2. The van der Waals surface area contributed by atoms with Gasteiger partial charge in [-0.15, -0.1) is 12.4 Å². The Bertz CT molecular complexity index is 434. The van der Waals surface area contributed by atoms with E-state index in [4.69, 9.17) is 4.74 Å². The van der Waals surface area contributed by atoms with Gasteiger partial charge in [0.2, 0.25) is 0 Å². The first-order valence-corrected chi connectivity index (χ1v) is 7.28. The summed E-state index contributed by atoms with van der Waals surface area (Å²) in [6.45, 7) is 8.36. The number of aliphatic hydroxyl groups excluding tert-OH is 1. The summed E-state index contributed by atoms with van der Waals surface area (Å²) in [6, 6.07) is 8.30. The van der Waals surface area contributed by atoms with E-state index in [-0.39, 0.29) is 30.5 Å². The molecule has 2 rings (SSSR count). The fourth-order valence-electron chi connectivity index (χ4n) is 3.03. The van der Waals surface area contributed by atoms with Crippen LogP contribution in [0.3, 0.4) is 0 Å². The van der Waals surface area contributed by atoms with Crippen molar-refractivity contribution >= 4 is 12.4 Å². The van der Waals surface area contributed by atoms with E-state index in [1.54, 1.807) is 7.11 Å². The zero-order chi connectivity index (χ0) is 14.6. The molecule has 4 nitrogen and oxygen atoms in total. The zero-order valence-corrected chi connectivity index (χ0v) is 13.9. The first-order valence-electron chi connectivity index (χ1n) is 7.28. The van der Waals surface area contributed by atoms with Gasteiger partial charge in [-0.1, -0.05) is 32.0 Å². The van der Waals surface area contributed by atoms with Crippen LogP contribution in [-0.2, 0) is 0 Å². The van der Waals surface area contributed by atoms with Gasteiger partial charge in [-0.05, 0) is 6.07 Å². The van der Waals surface area contributed by atoms with Crippen LogP contribution >= 0.6 is 12.4 Å². The van der Waals surface area contributed by atoms with Gasteiger partial charge in [0, 0.05) is 49.8 Å². The van der Waals surface area contributed by atoms with Crippen LogP contribution in [0.15, 0.2) is 24.3 Å². The van der Waals surface area contributed by atoms with Crippen LogP contribution in [0.4, 0.5) is 0 Å². The maximum atomic E-state index is 9.84. The fraction of sp³-hybridized carbons (Fsp3) is 0.625. The van der Waals surface area contributed by atoms with Crippen molar-refractivity contribution in [2.75, 3.05) is 39.9 Å². The Morgan fingerprint density at radius 1 is 1.29 bits per heavy atom. The normalized spacial score (nSPS) is 17.9. The Balaban J connectivity index is 0.00000220. The van der Waals surface area contributed by atoms with Crippen LogP contribution < -0.4 is 10.1 Å². The molecule has 0 radical (unpaired) electrons. The highest BCUT2D eigenvalue weighted by Gasteiger charge is 2.37. The van der Waals surface area contributed by atoms with Crippen molar-refractivity contribution in [2.24, 2.45) is 5.41 Å². The Labute approximate surface area is 133 Å². The van der Waals surface area contributed by atoms with Crippen molar-refractivity contribution in [3.8, 4) is 5.75 Å². The van der Waals surface area contributed by atoms with E-state index in [2.05, 4.69) is 30.1 Å². The van der Waals surface area contributed by atoms with Gasteiger partial charge < -0.3 is 15.2 Å². The monoisotopic (exact) mass is 314 g/mol. The standard InChI is InChI=1S/C16H26N2O2.ClH/c1-16(2,12-19)15(18-10-8-17-9-11-18)13-6-4-5-7-14(13)20-3;/h4-7,15,17,19H,8-12H2,1-3H3;1H/t15-;/m0./s1. The molecule has 1 aliphatic heterocycles. The molecule has 1 heterocycles. The van der Waals surface area contributed by atoms with Crippen molar-refractivity contribution in [1.29, 1.82) is 0 Å². The van der Waals surface area contributed by atoms with Gasteiger partial charge in [0.05, 0.1) is 7.11 Å². The zero-order valence-electron chi connectivity index (χ0n) is 13.1. The number of nitrogens with one attached hydrogen (secondary N) is 1. The highest BCUT2D eigenvalue weighted by atomic mass is 35.5. The quantitative estimate of drug-likeness (QED) is 0.873. The summed E-state index contributed by atoms with van der Waals surface area (Å²) in [6.07, 6.45) is 0. The van der Waals surface area contributed by atoms with Gasteiger partial charge >= 0.3 is 0 Å². The molecule has 0 aliphatic carbocycles. The van der Waals surface area contributed by atoms with E-state index in [0.717, 1.165) is 37.5 Å². The molecule has 0 saturated carbocycles. The van der Waals surface area contributed by atoms with Crippen LogP contribution in [0, 0.1) is 5.41 Å². The van der Waals surface area contributed by atoms with Crippen molar-refractivity contribution in [3.05, 3.63) is 29.8 Å². The highest BCUT2D eigenvalue weighted by molar-refractivity contribution is 5.85. The lowest BCUT2D eigenvalue weighted by Crippen LogP contribution is -2.49. The van der Waals surface area contributed by atoms with Gasteiger partial charge in [-0.2, -0.15) is 0 Å². The van der Waals surface area contributed by atoms with Gasteiger partial charge in [0.1, 0.15) is 5.75 Å². The van der Waals surface area contributed by atoms with Crippen molar-refractivity contribution in [3.63, 3.8) is 0 Å². The van der Waals surface area contributed by atoms with Crippen molar-refractivity contribution in [1.82, 2.24) is 10.2 Å². The van der Waals surface area contributed by atoms with E-state index in [0.29, 0.717) is 0 Å². The van der Waals surface area contributed by atoms with Crippen LogP contribution in [-0.4, -0.2) is 49.9 Å². The summed E-state index contributed by atoms with van der Waals surface area (Å²) in [5, 5.41) is 13.2. The molecular formula is C16H27ClN2O2. The summed E-state index contributed by atoms with van der Waals surface area (Å²) >= 11 is 0. The SMILES string of the molecule is COc1ccccc1[C@H](N1CCNCC1)C(C)(C)CO.Cl. The Morgan fingerprint density at radius 3 is 2.48 bits per heavy atom. The number of ether oxygens (including phenoxy) is 1. The molecule has 1 aromatic rings. The summed E-state index contributed by atoms with van der Waals surface area (Å²) < 4.78 is 5.53. The van der Waals surface area contributed by atoms with Gasteiger partial charge in [0.15, 0.2) is 0 Å². The highest BCUT2D eigenvalue weighted by Crippen LogP contribution is 2.41. The van der Waals surface area contributed by atoms with E-state index in [1.807, 2.05) is 18.2 Å². The number of aliphatic hydroxyl groups is 1. The molecule has 1 aliphatic rings. The number of benzene rings is 1. The maximum Gasteiger partial charge on any atom is 0.123 e. The van der Waals surface area contributed by atoms with Gasteiger partial charge in [-0.25, -0.2) is 0 Å². The molecule has 120 valence electrons. The molecule has 0 unspecified atom stereocenters. The lowest BCUT2D eigenvalue weighted by atomic mass is 9.79. The van der Waals surface area contributed by atoms with Crippen molar-refractivity contribution < 1.29 is 9.84 Å². The second-order valence-corrected chi connectivity index (χ2v) is 6.08. The largest absolute Gasteiger partial charge is 0.496 e. The summed E-state index contributed by atoms with van der Waals surface area (Å²) in [5.41, 5.74) is 0.947. The molecule has 1 atom stereocenters. The van der Waals surface area contributed by atoms with Gasteiger partial charge in [0.25, 0.3) is 0 Å². The Morgan fingerprint density at radius 2 is 1.90 bits per heavy atom. The molecular weight excluding hydrogens is 288 g/mol. The predicted molar refractivity (Wildman–Crippen MR) is 88.3 cm³/mol. The smallest absolute Gasteiger partial charge is 0.123 e. The van der Waals surface area contributed by atoms with E-state index < -0.39 is 0 Å². The Kier molecular flexibility index (Phi) is 6.94. The molecule has 2 N–H and O–H groups in total. The molecule has 0 bridgehead atoms. The molecule has 0 spiro atoms. The van der Waals surface area contributed by atoms with Gasteiger partial charge in [-0.3, -0.25) is 4.90 Å². The van der Waals surface area contributed by atoms with E-state index in [9.17, 15) is 5.11 Å². The average molecular weight is 315 g/mol. The predicted octanol–water partition coefficient (Wildman–Crippen LogP) is 2.08. The minimum atomic E-state index is -0.216. The topological polar surface area (TPSA) is 44.7 Å². The summed E-state index contributed by atoms with van der Waals surface area (Å²) in [5.74, 6) is 0.901. The summed E-state index contributed by atoms with van der Waals surface area (Å²) in [7, 11) is 1.71. The van der Waals surface area contributed by atoms with Crippen LogP contribution in [0.1, 0.15) is 25.5 Å². The third-order valence-corrected chi connectivity index (χ3v) is 4.10. The molecule has 0 aromatic heterocycles. The molecule has 0 amide bonds. The molecule has 5 heteroatoms. The number of methoxy groups -OCH3 is 1. The number of para-hydroxylation sites is 1. The lowest BCUT2D eigenvalue weighted by Gasteiger charge is -2.43. The second-order valence-electron chi connectivity index (χ2n) is 6.08.